The molecule has 0 aromatic heterocycles. The van der Waals surface area contributed by atoms with Gasteiger partial charge in [-0.25, -0.2) is 4.79 Å². The second-order valence-electron chi connectivity index (χ2n) is 7.74. The first-order chi connectivity index (χ1) is 13.3. The summed E-state index contributed by atoms with van der Waals surface area (Å²) in [5.74, 6) is -0.300. The van der Waals surface area contributed by atoms with Gasteiger partial charge >= 0.3 is 5.97 Å². The molecule has 0 heterocycles. The molecule has 158 valence electrons. The highest BCUT2D eigenvalue weighted by Gasteiger charge is 1.96. The maximum atomic E-state index is 10.9. The summed E-state index contributed by atoms with van der Waals surface area (Å²) < 4.78 is 4.97. The van der Waals surface area contributed by atoms with Gasteiger partial charge in [0, 0.05) is 6.08 Å². The average Bonchev–Trinajstić information content (AvgIpc) is 2.68. The fourth-order valence-corrected chi connectivity index (χ4v) is 3.41. The van der Waals surface area contributed by atoms with E-state index in [0.717, 1.165) is 6.42 Å². The van der Waals surface area contributed by atoms with E-state index < -0.39 is 0 Å². The summed E-state index contributed by atoms with van der Waals surface area (Å²) in [5.41, 5.74) is 0. The van der Waals surface area contributed by atoms with Gasteiger partial charge in [-0.2, -0.15) is 0 Å². The molecule has 2 nitrogen and oxygen atoms in total. The fraction of sp³-hybridized carbons (Fsp3) is 0.800. The van der Waals surface area contributed by atoms with Gasteiger partial charge in [0.05, 0.1) is 6.61 Å². The molecule has 0 atom stereocenters. The molecular formula is C25H46O2. The second kappa shape index (κ2) is 23.0. The lowest BCUT2D eigenvalue weighted by Gasteiger charge is -2.04. The van der Waals surface area contributed by atoms with Crippen LogP contribution in [0, 0.1) is 0 Å². The summed E-state index contributed by atoms with van der Waals surface area (Å²) in [4.78, 5) is 10.9. The van der Waals surface area contributed by atoms with Crippen LogP contribution in [-0.2, 0) is 9.53 Å². The number of carbonyl (C=O) groups excluding carboxylic acids is 1. The molecule has 0 fully saturated rings. The third-order valence-corrected chi connectivity index (χ3v) is 5.16. The Morgan fingerprint density at radius 2 is 1.04 bits per heavy atom. The van der Waals surface area contributed by atoms with Gasteiger partial charge in [-0.15, -0.1) is 0 Å². The van der Waals surface area contributed by atoms with Crippen LogP contribution < -0.4 is 0 Å². The molecule has 0 N–H and O–H groups in total. The predicted octanol–water partition coefficient (Wildman–Crippen LogP) is 8.31. The molecule has 27 heavy (non-hydrogen) atoms. The van der Waals surface area contributed by atoms with Crippen molar-refractivity contribution in [2.75, 3.05) is 6.61 Å². The van der Waals surface area contributed by atoms with Crippen molar-refractivity contribution in [3.05, 3.63) is 24.8 Å². The first-order valence-electron chi connectivity index (χ1n) is 11.7. The predicted molar refractivity (Wildman–Crippen MR) is 119 cm³/mol. The molecule has 0 saturated carbocycles. The lowest BCUT2D eigenvalue weighted by molar-refractivity contribution is -0.137. The fourth-order valence-electron chi connectivity index (χ4n) is 3.41. The molecule has 0 aliphatic rings. The molecule has 0 amide bonds. The zero-order valence-corrected chi connectivity index (χ0v) is 18.2. The quantitative estimate of drug-likeness (QED) is 0.0868. The molecule has 0 spiro atoms. The van der Waals surface area contributed by atoms with Crippen molar-refractivity contribution in [2.24, 2.45) is 0 Å². The Morgan fingerprint density at radius 1 is 0.667 bits per heavy atom. The molecule has 0 saturated heterocycles. The molecule has 0 rings (SSSR count). The van der Waals surface area contributed by atoms with Crippen molar-refractivity contribution in [3.63, 3.8) is 0 Å². The van der Waals surface area contributed by atoms with Crippen molar-refractivity contribution in [2.45, 2.75) is 122 Å². The molecule has 0 aliphatic carbocycles. The number of ether oxygens (including phenoxy) is 1. The summed E-state index contributed by atoms with van der Waals surface area (Å²) in [6.07, 6.45) is 30.1. The maximum absolute atomic E-state index is 10.9. The van der Waals surface area contributed by atoms with E-state index in [4.69, 9.17) is 4.74 Å². The molecule has 0 radical (unpaired) electrons. The van der Waals surface area contributed by atoms with Gasteiger partial charge in [-0.1, -0.05) is 115 Å². The van der Waals surface area contributed by atoms with E-state index >= 15 is 0 Å². The van der Waals surface area contributed by atoms with Gasteiger partial charge in [-0.3, -0.25) is 0 Å². The van der Waals surface area contributed by atoms with Crippen LogP contribution in [0.1, 0.15) is 122 Å². The number of allylic oxidation sites excluding steroid dienone is 2. The lowest BCUT2D eigenvalue weighted by Crippen LogP contribution is -2.01. The largest absolute Gasteiger partial charge is 0.463 e. The standard InChI is InChI=1S/C25H46O2/c1-3-5-6-7-8-9-10-11-12-13-14-15-16-17-18-19-20-21-22-23-24-27-25(26)4-2/h3-5H,2,6-24H2,1H3/b5-3+. The van der Waals surface area contributed by atoms with Crippen LogP contribution in [0.3, 0.4) is 0 Å². The molecular weight excluding hydrogens is 332 g/mol. The first-order valence-corrected chi connectivity index (χ1v) is 11.7. The zero-order valence-electron chi connectivity index (χ0n) is 18.2. The van der Waals surface area contributed by atoms with Crippen LogP contribution >= 0.6 is 0 Å². The number of carbonyl (C=O) groups is 1. The average molecular weight is 379 g/mol. The van der Waals surface area contributed by atoms with Crippen molar-refractivity contribution in [3.8, 4) is 0 Å². The van der Waals surface area contributed by atoms with Crippen molar-refractivity contribution in [1.29, 1.82) is 0 Å². The van der Waals surface area contributed by atoms with Gasteiger partial charge in [-0.05, 0) is 26.2 Å². The van der Waals surface area contributed by atoms with E-state index in [0.29, 0.717) is 6.61 Å². The normalized spacial score (nSPS) is 11.1. The highest BCUT2D eigenvalue weighted by atomic mass is 16.5. The van der Waals surface area contributed by atoms with E-state index in [-0.39, 0.29) is 5.97 Å². The smallest absolute Gasteiger partial charge is 0.330 e. The summed E-state index contributed by atoms with van der Waals surface area (Å²) in [5, 5.41) is 0. The number of hydrogen-bond donors (Lipinski definition) is 0. The van der Waals surface area contributed by atoms with Crippen molar-refractivity contribution >= 4 is 5.97 Å². The SMILES string of the molecule is C=CC(=O)OCCCCCCCCCCCCCCCCCCC/C=C/C. The Labute approximate surface area is 169 Å². The van der Waals surface area contributed by atoms with Crippen LogP contribution in [0.25, 0.3) is 0 Å². The molecule has 2 heteroatoms. The highest BCUT2D eigenvalue weighted by molar-refractivity contribution is 5.81. The Balaban J connectivity index is 3.03. The number of esters is 1. The molecule has 0 bridgehead atoms. The topological polar surface area (TPSA) is 26.3 Å². The third-order valence-electron chi connectivity index (χ3n) is 5.16. The van der Waals surface area contributed by atoms with E-state index in [1.54, 1.807) is 0 Å². The van der Waals surface area contributed by atoms with Gasteiger partial charge in [0.1, 0.15) is 0 Å². The molecule has 0 unspecified atom stereocenters. The van der Waals surface area contributed by atoms with Gasteiger partial charge in [0.25, 0.3) is 0 Å². The van der Waals surface area contributed by atoms with E-state index in [9.17, 15) is 4.79 Å². The van der Waals surface area contributed by atoms with Crippen LogP contribution in [0.4, 0.5) is 0 Å². The van der Waals surface area contributed by atoms with Gasteiger partial charge in [0.2, 0.25) is 0 Å². The summed E-state index contributed by atoms with van der Waals surface area (Å²) in [6, 6.07) is 0. The van der Waals surface area contributed by atoms with E-state index in [1.165, 1.54) is 115 Å². The third kappa shape index (κ3) is 22.9. The molecule has 0 aromatic carbocycles. The zero-order chi connectivity index (χ0) is 19.8. The number of hydrogen-bond acceptors (Lipinski definition) is 2. The monoisotopic (exact) mass is 378 g/mol. The van der Waals surface area contributed by atoms with Gasteiger partial charge in [0.15, 0.2) is 0 Å². The van der Waals surface area contributed by atoms with Gasteiger partial charge < -0.3 is 4.74 Å². The number of rotatable bonds is 21. The summed E-state index contributed by atoms with van der Waals surface area (Å²) in [6.45, 7) is 6.04. The minimum Gasteiger partial charge on any atom is -0.463 e. The Bertz CT molecular complexity index is 346. The Kier molecular flexibility index (Phi) is 22.1. The van der Waals surface area contributed by atoms with E-state index in [2.05, 4.69) is 25.7 Å². The highest BCUT2D eigenvalue weighted by Crippen LogP contribution is 2.14. The van der Waals surface area contributed by atoms with Crippen LogP contribution in [0.2, 0.25) is 0 Å². The molecule has 0 aromatic rings. The maximum Gasteiger partial charge on any atom is 0.330 e. The van der Waals surface area contributed by atoms with Crippen LogP contribution in [0.15, 0.2) is 24.8 Å². The second-order valence-corrected chi connectivity index (χ2v) is 7.74. The van der Waals surface area contributed by atoms with Crippen LogP contribution in [-0.4, -0.2) is 12.6 Å². The van der Waals surface area contributed by atoms with E-state index in [1.807, 2.05) is 0 Å². The Morgan fingerprint density at radius 3 is 1.41 bits per heavy atom. The van der Waals surface area contributed by atoms with Crippen LogP contribution in [0.5, 0.6) is 0 Å². The number of unbranched alkanes of at least 4 members (excludes halogenated alkanes) is 17. The lowest BCUT2D eigenvalue weighted by atomic mass is 10.0. The minimum absolute atomic E-state index is 0.300. The summed E-state index contributed by atoms with van der Waals surface area (Å²) >= 11 is 0. The summed E-state index contributed by atoms with van der Waals surface area (Å²) in [7, 11) is 0. The first kappa shape index (κ1) is 26.0. The Hall–Kier alpha value is -1.05. The van der Waals surface area contributed by atoms with Crippen molar-refractivity contribution in [1.82, 2.24) is 0 Å². The molecule has 0 aliphatic heterocycles. The minimum atomic E-state index is -0.300. The van der Waals surface area contributed by atoms with Crippen molar-refractivity contribution < 1.29 is 9.53 Å².